The van der Waals surface area contributed by atoms with Crippen LogP contribution in [0, 0.1) is 0 Å². The van der Waals surface area contributed by atoms with Crippen molar-refractivity contribution in [1.29, 1.82) is 0 Å². The first-order valence-electron chi connectivity index (χ1n) is 10.6. The maximum absolute atomic E-state index is 13.1. The van der Waals surface area contributed by atoms with Crippen LogP contribution in [0.1, 0.15) is 26.3 Å². The molecule has 0 aliphatic carbocycles. The third-order valence-electron chi connectivity index (χ3n) is 5.54. The number of urea groups is 1. The molecule has 0 spiro atoms. The average molecular weight is 484 g/mol. The van der Waals surface area contributed by atoms with Crippen LogP contribution in [-0.4, -0.2) is 50.0 Å². The van der Waals surface area contributed by atoms with Crippen LogP contribution in [0.4, 0.5) is 10.7 Å². The Balaban J connectivity index is 1.44. The Kier molecular flexibility index (Phi) is 6.68. The summed E-state index contributed by atoms with van der Waals surface area (Å²) >= 11 is 0.196. The fourth-order valence-corrected chi connectivity index (χ4v) is 6.19. The molecule has 1 fully saturated rings. The van der Waals surface area contributed by atoms with Gasteiger partial charge in [-0.15, -0.1) is 0 Å². The Labute approximate surface area is 199 Å². The number of benzene rings is 1. The van der Waals surface area contributed by atoms with Gasteiger partial charge < -0.3 is 14.8 Å². The predicted octanol–water partition coefficient (Wildman–Crippen LogP) is 3.68. The Hall–Kier alpha value is -2.95. The summed E-state index contributed by atoms with van der Waals surface area (Å²) in [6, 6.07) is 13.0. The molecule has 2 N–H and O–H groups in total. The number of nitrogens with zero attached hydrogens (tertiary/aromatic N) is 3. The summed E-state index contributed by atoms with van der Waals surface area (Å²) < 4.78 is 13.9. The monoisotopic (exact) mass is 483 g/mol. The van der Waals surface area contributed by atoms with Crippen LogP contribution in [0.25, 0.3) is 10.6 Å². The molecule has 1 saturated heterocycles. The SMILES string of the molecule is CCc1ccccc1[S+]([O-])c1ccc(-c2ccnc(NCCN3C(=O)NC(=O)C3(C)C)n2)s1. The number of carbonyl (C=O) groups is 2. The number of anilines is 1. The van der Waals surface area contributed by atoms with Gasteiger partial charge >= 0.3 is 6.03 Å². The second-order valence-corrected chi connectivity index (χ2v) is 10.8. The molecular weight excluding hydrogens is 458 g/mol. The predicted molar refractivity (Wildman–Crippen MR) is 129 cm³/mol. The van der Waals surface area contributed by atoms with Crippen LogP contribution in [0.15, 0.2) is 57.8 Å². The molecule has 1 aliphatic rings. The number of thiophene rings is 1. The van der Waals surface area contributed by atoms with E-state index in [1.807, 2.05) is 36.4 Å². The zero-order valence-electron chi connectivity index (χ0n) is 18.6. The van der Waals surface area contributed by atoms with E-state index >= 15 is 0 Å². The molecule has 1 atom stereocenters. The molecular formula is C23H25N5O3S2. The number of hydrogen-bond donors (Lipinski definition) is 2. The number of amides is 3. The van der Waals surface area contributed by atoms with E-state index in [0.717, 1.165) is 31.7 Å². The van der Waals surface area contributed by atoms with Crippen molar-refractivity contribution < 1.29 is 14.1 Å². The minimum Gasteiger partial charge on any atom is -0.606 e. The van der Waals surface area contributed by atoms with Gasteiger partial charge in [0.15, 0.2) is 4.90 Å². The molecule has 1 aromatic carbocycles. The molecule has 3 amide bonds. The van der Waals surface area contributed by atoms with E-state index in [4.69, 9.17) is 0 Å². The van der Waals surface area contributed by atoms with Crippen molar-refractivity contribution in [3.63, 3.8) is 0 Å². The van der Waals surface area contributed by atoms with Crippen LogP contribution >= 0.6 is 11.3 Å². The number of hydrogen-bond acceptors (Lipinski definition) is 7. The lowest BCUT2D eigenvalue weighted by molar-refractivity contribution is -0.125. The molecule has 1 unspecified atom stereocenters. The zero-order chi connectivity index (χ0) is 23.6. The van der Waals surface area contributed by atoms with Gasteiger partial charge in [0.25, 0.3) is 5.91 Å². The quantitative estimate of drug-likeness (QED) is 0.374. The highest BCUT2D eigenvalue weighted by Crippen LogP contribution is 2.34. The van der Waals surface area contributed by atoms with Crippen LogP contribution in [0.2, 0.25) is 0 Å². The lowest BCUT2D eigenvalue weighted by atomic mass is 10.0. The van der Waals surface area contributed by atoms with Gasteiger partial charge in [-0.2, -0.15) is 0 Å². The first kappa shape index (κ1) is 23.2. The van der Waals surface area contributed by atoms with Crippen molar-refractivity contribution in [3.05, 3.63) is 54.2 Å². The van der Waals surface area contributed by atoms with E-state index in [2.05, 4.69) is 27.5 Å². The number of rotatable bonds is 8. The number of aryl methyl sites for hydroxylation is 1. The molecule has 4 rings (SSSR count). The number of carbonyl (C=O) groups excluding carboxylic acids is 2. The lowest BCUT2D eigenvalue weighted by Gasteiger charge is -2.27. The minimum absolute atomic E-state index is 0.307. The number of imide groups is 1. The van der Waals surface area contributed by atoms with Crippen molar-refractivity contribution in [1.82, 2.24) is 20.2 Å². The molecule has 0 bridgehead atoms. The summed E-state index contributed by atoms with van der Waals surface area (Å²) in [4.78, 5) is 35.9. The Bertz CT molecular complexity index is 1180. The van der Waals surface area contributed by atoms with E-state index in [9.17, 15) is 14.1 Å². The number of nitrogens with one attached hydrogen (secondary N) is 2. The summed E-state index contributed by atoms with van der Waals surface area (Å²) in [5.74, 6) is 0.113. The Morgan fingerprint density at radius 2 is 1.97 bits per heavy atom. The minimum atomic E-state index is -1.25. The second kappa shape index (κ2) is 9.50. The smallest absolute Gasteiger partial charge is 0.325 e. The molecule has 2 aromatic heterocycles. The largest absolute Gasteiger partial charge is 0.606 e. The van der Waals surface area contributed by atoms with Gasteiger partial charge in [0.2, 0.25) is 10.2 Å². The molecule has 10 heteroatoms. The van der Waals surface area contributed by atoms with E-state index in [1.54, 1.807) is 26.1 Å². The van der Waals surface area contributed by atoms with Gasteiger partial charge in [0.05, 0.1) is 10.6 Å². The Morgan fingerprint density at radius 1 is 1.18 bits per heavy atom. The maximum Gasteiger partial charge on any atom is 0.325 e. The molecule has 33 heavy (non-hydrogen) atoms. The van der Waals surface area contributed by atoms with Crippen LogP contribution < -0.4 is 10.6 Å². The fraction of sp³-hybridized carbons (Fsp3) is 0.304. The van der Waals surface area contributed by atoms with E-state index in [0.29, 0.717) is 19.0 Å². The summed E-state index contributed by atoms with van der Waals surface area (Å²) in [6.07, 6.45) is 2.48. The second-order valence-electron chi connectivity index (χ2n) is 8.01. The molecule has 3 aromatic rings. The normalized spacial score (nSPS) is 16.1. The lowest BCUT2D eigenvalue weighted by Crippen LogP contribution is -2.46. The third-order valence-corrected chi connectivity index (χ3v) is 8.45. The van der Waals surface area contributed by atoms with Crippen LogP contribution in [0.5, 0.6) is 0 Å². The Morgan fingerprint density at radius 3 is 2.70 bits per heavy atom. The first-order valence-corrected chi connectivity index (χ1v) is 12.6. The highest BCUT2D eigenvalue weighted by atomic mass is 32.2. The van der Waals surface area contributed by atoms with E-state index in [1.165, 1.54) is 16.2 Å². The topological polar surface area (TPSA) is 110 Å². The summed E-state index contributed by atoms with van der Waals surface area (Å²) in [5, 5.41) is 5.45. The van der Waals surface area contributed by atoms with Crippen molar-refractivity contribution in [2.45, 2.75) is 41.8 Å². The molecule has 0 saturated carbocycles. The molecule has 8 nitrogen and oxygen atoms in total. The summed E-state index contributed by atoms with van der Waals surface area (Å²) in [6.45, 7) is 6.20. The molecule has 1 aliphatic heterocycles. The number of aromatic nitrogens is 2. The van der Waals surface area contributed by atoms with Gasteiger partial charge in [0, 0.05) is 42.1 Å². The van der Waals surface area contributed by atoms with Gasteiger partial charge in [-0.1, -0.05) is 36.5 Å². The van der Waals surface area contributed by atoms with Crippen LogP contribution in [-0.2, 0) is 22.4 Å². The average Bonchev–Trinajstić information content (AvgIpc) is 3.38. The van der Waals surface area contributed by atoms with Gasteiger partial charge in [-0.3, -0.25) is 10.1 Å². The van der Waals surface area contributed by atoms with E-state index < -0.39 is 22.7 Å². The summed E-state index contributed by atoms with van der Waals surface area (Å²) in [5.41, 5.74) is 0.913. The molecule has 0 radical (unpaired) electrons. The van der Waals surface area contributed by atoms with Crippen molar-refractivity contribution in [3.8, 4) is 10.6 Å². The van der Waals surface area contributed by atoms with Crippen LogP contribution in [0.3, 0.4) is 0 Å². The molecule has 172 valence electrons. The maximum atomic E-state index is 13.1. The zero-order valence-corrected chi connectivity index (χ0v) is 20.3. The summed E-state index contributed by atoms with van der Waals surface area (Å²) in [7, 11) is 0. The highest BCUT2D eigenvalue weighted by molar-refractivity contribution is 7.93. The third kappa shape index (κ3) is 4.73. The van der Waals surface area contributed by atoms with Gasteiger partial charge in [-0.25, -0.2) is 14.8 Å². The fourth-order valence-electron chi connectivity index (χ4n) is 3.58. The first-order chi connectivity index (χ1) is 15.8. The van der Waals surface area contributed by atoms with Gasteiger partial charge in [-0.05, 0) is 38.5 Å². The molecule has 3 heterocycles. The van der Waals surface area contributed by atoms with E-state index in [-0.39, 0.29) is 5.91 Å². The van der Waals surface area contributed by atoms with Gasteiger partial charge in [0.1, 0.15) is 5.54 Å². The van der Waals surface area contributed by atoms with Crippen molar-refractivity contribution in [2.24, 2.45) is 0 Å². The highest BCUT2D eigenvalue weighted by Gasteiger charge is 2.45. The standard InChI is InChI=1S/C23H25N5O3S2/c1-4-15-7-5-6-8-18(15)33(31)19-10-9-17(32-19)16-11-12-24-21(26-16)25-13-14-28-22(30)27-20(29)23(28,2)3/h5-12H,4,13-14H2,1-3H3,(H,24,25,26)(H,27,29,30). The van der Waals surface area contributed by atoms with Crippen molar-refractivity contribution >= 4 is 40.4 Å². The van der Waals surface area contributed by atoms with Crippen molar-refractivity contribution in [2.75, 3.05) is 18.4 Å².